The molecule has 2 amide bonds. The molecule has 17 N–H and O–H groups in total. The molecular formula is C47H70N12O10. The summed E-state index contributed by atoms with van der Waals surface area (Å²) in [5.74, 6) is -1.75. The second-order valence-corrected chi connectivity index (χ2v) is 17.0. The molecule has 22 heteroatoms. The summed E-state index contributed by atoms with van der Waals surface area (Å²) in [5.41, 5.74) is 20.7. The number of unbranched alkanes of at least 4 members (excludes halogenated alkanes) is 3. The van der Waals surface area contributed by atoms with Gasteiger partial charge in [-0.1, -0.05) is 55.0 Å². The number of aliphatic hydroxyl groups excluding tert-OH is 7. The lowest BCUT2D eigenvalue weighted by Crippen LogP contribution is -2.47. The second-order valence-electron chi connectivity index (χ2n) is 17.0. The van der Waals surface area contributed by atoms with Gasteiger partial charge in [-0.15, -0.1) is 0 Å². The molecule has 0 bridgehead atoms. The van der Waals surface area contributed by atoms with Crippen LogP contribution in [-0.4, -0.2) is 154 Å². The molecule has 0 aliphatic carbocycles. The first-order valence-electron chi connectivity index (χ1n) is 23.3. The molecule has 69 heavy (non-hydrogen) atoms. The van der Waals surface area contributed by atoms with Gasteiger partial charge in [-0.3, -0.25) is 25.2 Å². The molecule has 0 aliphatic heterocycles. The summed E-state index contributed by atoms with van der Waals surface area (Å²) in [7, 11) is 0. The van der Waals surface area contributed by atoms with Crippen LogP contribution >= 0.6 is 0 Å². The van der Waals surface area contributed by atoms with E-state index in [0.29, 0.717) is 45.3 Å². The molecule has 5 atom stereocenters. The number of nitrogens with two attached hydrogens (primary N) is 3. The Morgan fingerprint density at radius 2 is 1.33 bits per heavy atom. The van der Waals surface area contributed by atoms with Crippen molar-refractivity contribution >= 4 is 35.2 Å². The van der Waals surface area contributed by atoms with Gasteiger partial charge in [0.1, 0.15) is 11.9 Å². The lowest BCUT2D eigenvalue weighted by atomic mass is 9.99. The number of carbonyl (C=O) groups is 2. The number of hydrogen-bond donors (Lipinski definition) is 14. The summed E-state index contributed by atoms with van der Waals surface area (Å²) >= 11 is 0. The number of aliphatic hydroxyl groups is 7. The highest BCUT2D eigenvalue weighted by Crippen LogP contribution is 2.22. The van der Waals surface area contributed by atoms with Gasteiger partial charge >= 0.3 is 5.69 Å². The largest absolute Gasteiger partial charge is 0.396 e. The molecule has 2 aromatic carbocycles. The monoisotopic (exact) mass is 963 g/mol. The van der Waals surface area contributed by atoms with E-state index in [4.69, 9.17) is 32.8 Å². The van der Waals surface area contributed by atoms with Gasteiger partial charge in [0.2, 0.25) is 5.91 Å². The van der Waals surface area contributed by atoms with Crippen molar-refractivity contribution in [1.29, 1.82) is 5.41 Å². The SMILES string of the molecule is N=C(NCCCCc1ccc(-c2ccc(CCCNC(=O)CCCCCN(CC(O)CC(O)CCO)CC(O)[C@@H](O)C(O)CCO)cc2)cc1)NC(=O)c1nc(-n2ccc(N)nc2=O)c(N)nc1N. The number of nitrogen functional groups attached to an aromatic ring is 3. The summed E-state index contributed by atoms with van der Waals surface area (Å²) in [6, 6.07) is 18.1. The number of benzene rings is 2. The van der Waals surface area contributed by atoms with Gasteiger partial charge < -0.3 is 63.6 Å². The first kappa shape index (κ1) is 55.5. The Morgan fingerprint density at radius 3 is 1.97 bits per heavy atom. The topological polar surface area (TPSA) is 378 Å². The van der Waals surface area contributed by atoms with Crippen molar-refractivity contribution in [3.63, 3.8) is 0 Å². The third-order valence-corrected chi connectivity index (χ3v) is 11.3. The number of anilines is 3. The normalized spacial score (nSPS) is 13.6. The van der Waals surface area contributed by atoms with E-state index < -0.39 is 42.1 Å². The molecule has 0 aliphatic rings. The molecule has 22 nitrogen and oxygen atoms in total. The standard InChI is InChI=1S/C47H70N12O10/c48-38-18-24-59(47(69)54-38)44-43(50)56-42(49)40(55-44)45(68)57-46(51)53-21-4-3-7-30-10-14-32(15-11-30)33-16-12-31(13-17-33)8-6-22-52-39(66)9-2-1-5-23-58(28-35(63)27-34(62)19-25-60)29-37(65)41(67)36(64)20-26-61/h10-18,24,34-37,41,60-65,67H,1-9,19-23,25-29H2,(H,52,66)(H2,48,54,69)(H4,49,50,56)(H3,51,53,57,68)/t34?,35?,36?,37?,41-/m0/s1. The maximum Gasteiger partial charge on any atom is 0.355 e. The molecule has 0 spiro atoms. The lowest BCUT2D eigenvalue weighted by Gasteiger charge is -2.31. The van der Waals surface area contributed by atoms with Crippen LogP contribution in [0.3, 0.4) is 0 Å². The highest BCUT2D eigenvalue weighted by molar-refractivity contribution is 6.06. The average molecular weight is 963 g/mol. The number of aryl methyl sites for hydroxylation is 2. The van der Waals surface area contributed by atoms with Crippen LogP contribution < -0.4 is 38.8 Å². The maximum atomic E-state index is 12.9. The number of nitrogens with one attached hydrogen (secondary N) is 4. The molecule has 4 aromatic rings. The van der Waals surface area contributed by atoms with Crippen molar-refractivity contribution in [3.8, 4) is 16.9 Å². The molecular weight excluding hydrogens is 893 g/mol. The summed E-state index contributed by atoms with van der Waals surface area (Å²) in [4.78, 5) is 51.1. The number of rotatable bonds is 30. The summed E-state index contributed by atoms with van der Waals surface area (Å²) in [6.07, 6.45) is 1.65. The van der Waals surface area contributed by atoms with Crippen molar-refractivity contribution in [2.75, 3.05) is 63.1 Å². The lowest BCUT2D eigenvalue weighted by molar-refractivity contribution is -0.121. The quantitative estimate of drug-likeness (QED) is 0.0179. The van der Waals surface area contributed by atoms with Gasteiger partial charge in [0.25, 0.3) is 5.91 Å². The summed E-state index contributed by atoms with van der Waals surface area (Å²) in [5, 5.41) is 85.8. The molecule has 378 valence electrons. The molecule has 0 saturated heterocycles. The number of aromatic nitrogens is 4. The van der Waals surface area contributed by atoms with Crippen LogP contribution in [0.4, 0.5) is 17.5 Å². The molecule has 0 fully saturated rings. The molecule has 4 unspecified atom stereocenters. The van der Waals surface area contributed by atoms with E-state index in [-0.39, 0.29) is 86.4 Å². The number of carbonyl (C=O) groups excluding carboxylic acids is 2. The van der Waals surface area contributed by atoms with Crippen LogP contribution in [0.2, 0.25) is 0 Å². The van der Waals surface area contributed by atoms with E-state index in [2.05, 4.69) is 79.4 Å². The number of hydrogen-bond acceptors (Lipinski definition) is 18. The van der Waals surface area contributed by atoms with E-state index in [0.717, 1.165) is 58.9 Å². The fraction of sp³-hybridized carbons (Fsp3) is 0.511. The van der Waals surface area contributed by atoms with E-state index in [1.54, 1.807) is 4.90 Å². The fourth-order valence-electron chi connectivity index (χ4n) is 7.54. The molecule has 4 rings (SSSR count). The van der Waals surface area contributed by atoms with E-state index in [1.807, 2.05) is 0 Å². The zero-order valence-electron chi connectivity index (χ0n) is 38.9. The van der Waals surface area contributed by atoms with Crippen LogP contribution in [0.15, 0.2) is 65.6 Å². The molecule has 2 aromatic heterocycles. The summed E-state index contributed by atoms with van der Waals surface area (Å²) in [6.45, 7) is 0.872. The van der Waals surface area contributed by atoms with Crippen LogP contribution in [0.25, 0.3) is 16.9 Å². The van der Waals surface area contributed by atoms with E-state index >= 15 is 0 Å². The molecule has 0 saturated carbocycles. The van der Waals surface area contributed by atoms with E-state index in [9.17, 15) is 39.9 Å². The highest BCUT2D eigenvalue weighted by Gasteiger charge is 2.27. The Hall–Kier alpha value is -6.11. The van der Waals surface area contributed by atoms with Crippen molar-refractivity contribution in [1.82, 2.24) is 40.4 Å². The Bertz CT molecular complexity index is 2270. The average Bonchev–Trinajstić information content (AvgIpc) is 3.30. The first-order chi connectivity index (χ1) is 33.1. The number of nitrogens with zero attached hydrogens (tertiary/aromatic N) is 5. The predicted octanol–water partition coefficient (Wildman–Crippen LogP) is -0.416. The second kappa shape index (κ2) is 29.0. The van der Waals surface area contributed by atoms with Gasteiger partial charge in [-0.25, -0.2) is 19.3 Å². The third-order valence-electron chi connectivity index (χ3n) is 11.3. The van der Waals surface area contributed by atoms with Gasteiger partial charge in [-0.05, 0) is 92.7 Å². The Labute approximate surface area is 401 Å². The fourth-order valence-corrected chi connectivity index (χ4v) is 7.54. The predicted molar refractivity (Wildman–Crippen MR) is 261 cm³/mol. The molecule has 2 heterocycles. The minimum absolute atomic E-state index is 0.00354. The minimum atomic E-state index is -1.49. The van der Waals surface area contributed by atoms with Gasteiger partial charge in [0.05, 0.1) is 24.4 Å². The Kier molecular flexibility index (Phi) is 23.4. The summed E-state index contributed by atoms with van der Waals surface area (Å²) < 4.78 is 0.977. The third kappa shape index (κ3) is 19.1. The Balaban J connectivity index is 1.09. The minimum Gasteiger partial charge on any atom is -0.396 e. The van der Waals surface area contributed by atoms with Gasteiger partial charge in [0.15, 0.2) is 29.1 Å². The van der Waals surface area contributed by atoms with Crippen LogP contribution in [0.1, 0.15) is 85.8 Å². The first-order valence-corrected chi connectivity index (χ1v) is 23.3. The van der Waals surface area contributed by atoms with Crippen molar-refractivity contribution in [2.45, 2.75) is 108 Å². The smallest absolute Gasteiger partial charge is 0.355 e. The highest BCUT2D eigenvalue weighted by atomic mass is 16.4. The Morgan fingerprint density at radius 1 is 0.696 bits per heavy atom. The zero-order chi connectivity index (χ0) is 50.3. The van der Waals surface area contributed by atoms with Crippen molar-refractivity contribution in [3.05, 3.63) is 88.1 Å². The van der Waals surface area contributed by atoms with Crippen LogP contribution in [0.5, 0.6) is 0 Å². The molecule has 0 radical (unpaired) electrons. The van der Waals surface area contributed by atoms with Gasteiger partial charge in [0, 0.05) is 58.4 Å². The van der Waals surface area contributed by atoms with Crippen molar-refractivity contribution in [2.24, 2.45) is 0 Å². The number of guanidine groups is 1. The van der Waals surface area contributed by atoms with Crippen LogP contribution in [-0.2, 0) is 17.6 Å². The maximum absolute atomic E-state index is 12.9. The van der Waals surface area contributed by atoms with E-state index in [1.165, 1.54) is 12.3 Å². The van der Waals surface area contributed by atoms with Crippen LogP contribution in [0, 0.1) is 5.41 Å². The zero-order valence-corrected chi connectivity index (χ0v) is 38.9. The van der Waals surface area contributed by atoms with Gasteiger partial charge in [-0.2, -0.15) is 4.98 Å². The number of amides is 2. The van der Waals surface area contributed by atoms with Crippen molar-refractivity contribution < 1.29 is 45.3 Å².